The van der Waals surface area contributed by atoms with Gasteiger partial charge >= 0.3 is 0 Å². The van der Waals surface area contributed by atoms with Crippen LogP contribution in [0.1, 0.15) is 84.7 Å². The van der Waals surface area contributed by atoms with E-state index in [1.165, 1.54) is 16.7 Å². The van der Waals surface area contributed by atoms with Gasteiger partial charge in [-0.1, -0.05) is 27.2 Å². The van der Waals surface area contributed by atoms with Crippen LogP contribution in [0.3, 0.4) is 0 Å². The summed E-state index contributed by atoms with van der Waals surface area (Å²) in [7, 11) is 6.78. The number of piperidine rings is 1. The molecule has 3 aromatic carbocycles. The number of amides is 1. The molecule has 3 aromatic rings. The van der Waals surface area contributed by atoms with Gasteiger partial charge in [-0.2, -0.15) is 0 Å². The van der Waals surface area contributed by atoms with Gasteiger partial charge in [0.2, 0.25) is 0 Å². The molecule has 1 fully saturated rings. The highest BCUT2D eigenvalue weighted by atomic mass is 16.5. The topological polar surface area (TPSA) is 69.7 Å². The van der Waals surface area contributed by atoms with Gasteiger partial charge in [0.15, 0.2) is 23.0 Å². The number of hydrogen-bond acceptors (Lipinski definition) is 7. The maximum absolute atomic E-state index is 14.4. The molecule has 48 heavy (non-hydrogen) atoms. The number of nitrogens with zero attached hydrogens (tertiary/aromatic N) is 2. The summed E-state index contributed by atoms with van der Waals surface area (Å²) in [6.45, 7) is 9.97. The molecule has 8 heteroatoms. The first-order valence-electron chi connectivity index (χ1n) is 17.6. The Morgan fingerprint density at radius 2 is 1.38 bits per heavy atom. The smallest absolute Gasteiger partial charge is 0.254 e. The quantitative estimate of drug-likeness (QED) is 0.211. The summed E-state index contributed by atoms with van der Waals surface area (Å²) in [4.78, 5) is 19.2. The lowest BCUT2D eigenvalue weighted by atomic mass is 9.72. The second kappa shape index (κ2) is 14.7. The van der Waals surface area contributed by atoms with Crippen LogP contribution in [0.25, 0.3) is 0 Å². The first kappa shape index (κ1) is 34.0. The zero-order valence-electron chi connectivity index (χ0n) is 29.7. The Kier molecular flexibility index (Phi) is 10.4. The summed E-state index contributed by atoms with van der Waals surface area (Å²) in [5, 5.41) is 0. The lowest BCUT2D eigenvalue weighted by Crippen LogP contribution is -2.47. The predicted octanol–water partition coefficient (Wildman–Crippen LogP) is 7.53. The standard InChI is InChI=1S/C40H52N2O6/c1-8-26-23-41-15-13-28-19-36(44-4)38(46-6)21-32(28)34(41)17-30(26)18-35-33-22-39(47-7)37(45-5)20-29(33)14-16-42(35)40(43)27-9-11-31(12-10-27)48-24-25(2)3/h9-12,19-22,25-26,30,34-35H,8,13-18,23-24H2,1-7H3/t26-,30+,34-,35-/m0/s1. The van der Waals surface area contributed by atoms with E-state index in [1.54, 1.807) is 28.4 Å². The molecule has 4 atom stereocenters. The first-order valence-corrected chi connectivity index (χ1v) is 17.6. The second-order valence-electron chi connectivity index (χ2n) is 14.0. The van der Waals surface area contributed by atoms with Crippen LogP contribution < -0.4 is 23.7 Å². The molecule has 1 saturated heterocycles. The van der Waals surface area contributed by atoms with Crippen LogP contribution in [-0.4, -0.2) is 70.4 Å². The third kappa shape index (κ3) is 6.69. The van der Waals surface area contributed by atoms with E-state index >= 15 is 0 Å². The average molecular weight is 657 g/mol. The molecule has 0 unspecified atom stereocenters. The molecule has 0 saturated carbocycles. The van der Waals surface area contributed by atoms with Crippen LogP contribution in [0, 0.1) is 17.8 Å². The monoisotopic (exact) mass is 656 g/mol. The van der Waals surface area contributed by atoms with E-state index in [2.05, 4.69) is 54.8 Å². The average Bonchev–Trinajstić information content (AvgIpc) is 3.12. The third-order valence-corrected chi connectivity index (χ3v) is 10.8. The zero-order chi connectivity index (χ0) is 33.9. The Hall–Kier alpha value is -3.91. The fourth-order valence-electron chi connectivity index (χ4n) is 8.19. The SMILES string of the molecule is CC[C@H]1CN2CCc3cc(OC)c(OC)cc3[C@@H]2C[C@@H]1C[C@H]1c2cc(OC)c(OC)cc2CCN1C(=O)c1ccc(OCC(C)C)cc1. The molecular weight excluding hydrogens is 604 g/mol. The number of benzene rings is 3. The van der Waals surface area contributed by atoms with Crippen molar-refractivity contribution in [3.8, 4) is 28.7 Å². The minimum absolute atomic E-state index is 0.0566. The highest BCUT2D eigenvalue weighted by molar-refractivity contribution is 5.95. The maximum atomic E-state index is 14.4. The summed E-state index contributed by atoms with van der Waals surface area (Å²) in [6.07, 6.45) is 4.79. The fourth-order valence-corrected chi connectivity index (χ4v) is 8.19. The summed E-state index contributed by atoms with van der Waals surface area (Å²) >= 11 is 0. The lowest BCUT2D eigenvalue weighted by molar-refractivity contribution is 0.0287. The summed E-state index contributed by atoms with van der Waals surface area (Å²) in [5.74, 6) is 5.23. The number of methoxy groups -OCH3 is 4. The Bertz CT molecular complexity index is 1590. The largest absolute Gasteiger partial charge is 0.493 e. The van der Waals surface area contributed by atoms with Crippen molar-refractivity contribution >= 4 is 5.91 Å². The van der Waals surface area contributed by atoms with Crippen molar-refractivity contribution in [2.75, 3.05) is 54.7 Å². The van der Waals surface area contributed by atoms with Crippen LogP contribution in [0.2, 0.25) is 0 Å². The van der Waals surface area contributed by atoms with Gasteiger partial charge in [-0.3, -0.25) is 9.69 Å². The number of fused-ring (bicyclic) bond motifs is 4. The van der Waals surface area contributed by atoms with E-state index in [-0.39, 0.29) is 11.9 Å². The van der Waals surface area contributed by atoms with Gasteiger partial charge in [0, 0.05) is 31.2 Å². The first-order chi connectivity index (χ1) is 23.3. The summed E-state index contributed by atoms with van der Waals surface area (Å²) < 4.78 is 28.8. The van der Waals surface area contributed by atoms with Crippen LogP contribution in [0.15, 0.2) is 48.5 Å². The molecule has 3 aliphatic rings. The van der Waals surface area contributed by atoms with E-state index in [0.29, 0.717) is 48.3 Å². The van der Waals surface area contributed by atoms with E-state index in [1.807, 2.05) is 24.3 Å². The van der Waals surface area contributed by atoms with Crippen molar-refractivity contribution in [3.05, 3.63) is 76.3 Å². The van der Waals surface area contributed by atoms with Gasteiger partial charge in [-0.15, -0.1) is 0 Å². The van der Waals surface area contributed by atoms with Crippen molar-refractivity contribution in [1.82, 2.24) is 9.80 Å². The molecule has 3 heterocycles. The van der Waals surface area contributed by atoms with Crippen molar-refractivity contribution in [2.24, 2.45) is 17.8 Å². The van der Waals surface area contributed by atoms with Crippen molar-refractivity contribution in [3.63, 3.8) is 0 Å². The third-order valence-electron chi connectivity index (χ3n) is 10.8. The number of carbonyl (C=O) groups excluding carboxylic acids is 1. The molecule has 1 amide bonds. The normalized spacial score (nSPS) is 22.0. The minimum atomic E-state index is -0.0861. The molecule has 0 N–H and O–H groups in total. The molecule has 8 nitrogen and oxygen atoms in total. The molecule has 0 spiro atoms. The van der Waals surface area contributed by atoms with Gasteiger partial charge in [0.05, 0.1) is 41.1 Å². The van der Waals surface area contributed by atoms with E-state index in [0.717, 1.165) is 73.8 Å². The summed E-state index contributed by atoms with van der Waals surface area (Å²) in [5.41, 5.74) is 5.77. The molecule has 258 valence electrons. The van der Waals surface area contributed by atoms with Crippen LogP contribution in [-0.2, 0) is 12.8 Å². The Labute approximate surface area is 286 Å². The van der Waals surface area contributed by atoms with Crippen molar-refractivity contribution in [2.45, 2.75) is 65.0 Å². The van der Waals surface area contributed by atoms with Gasteiger partial charge in [0.1, 0.15) is 5.75 Å². The summed E-state index contributed by atoms with van der Waals surface area (Å²) in [6, 6.07) is 16.5. The number of hydrogen-bond donors (Lipinski definition) is 0. The second-order valence-corrected chi connectivity index (χ2v) is 14.0. The molecular formula is C40H52N2O6. The van der Waals surface area contributed by atoms with Gasteiger partial charge < -0.3 is 28.6 Å². The highest BCUT2D eigenvalue weighted by Gasteiger charge is 2.42. The van der Waals surface area contributed by atoms with Crippen LogP contribution >= 0.6 is 0 Å². The molecule has 0 aliphatic carbocycles. The zero-order valence-corrected chi connectivity index (χ0v) is 29.7. The Morgan fingerprint density at radius 1 is 0.792 bits per heavy atom. The number of rotatable bonds is 11. The molecule has 6 rings (SSSR count). The fraction of sp³-hybridized carbons (Fsp3) is 0.525. The molecule has 0 bridgehead atoms. The Balaban J connectivity index is 1.34. The Morgan fingerprint density at radius 3 is 1.98 bits per heavy atom. The molecule has 0 radical (unpaired) electrons. The molecule has 3 aliphatic heterocycles. The van der Waals surface area contributed by atoms with Crippen LogP contribution in [0.4, 0.5) is 0 Å². The van der Waals surface area contributed by atoms with Crippen molar-refractivity contribution in [1.29, 1.82) is 0 Å². The van der Waals surface area contributed by atoms with Gasteiger partial charge in [-0.05, 0) is 114 Å². The van der Waals surface area contributed by atoms with Crippen molar-refractivity contribution < 1.29 is 28.5 Å². The minimum Gasteiger partial charge on any atom is -0.493 e. The number of ether oxygens (including phenoxy) is 5. The highest BCUT2D eigenvalue weighted by Crippen LogP contribution is 2.49. The van der Waals surface area contributed by atoms with Gasteiger partial charge in [-0.25, -0.2) is 0 Å². The van der Waals surface area contributed by atoms with E-state index in [9.17, 15) is 4.79 Å². The maximum Gasteiger partial charge on any atom is 0.254 e. The lowest BCUT2D eigenvalue weighted by Gasteiger charge is -2.49. The van der Waals surface area contributed by atoms with E-state index in [4.69, 9.17) is 23.7 Å². The van der Waals surface area contributed by atoms with E-state index < -0.39 is 0 Å². The predicted molar refractivity (Wildman–Crippen MR) is 188 cm³/mol. The van der Waals surface area contributed by atoms with Gasteiger partial charge in [0.25, 0.3) is 5.91 Å². The molecule has 0 aromatic heterocycles. The number of carbonyl (C=O) groups is 1. The van der Waals surface area contributed by atoms with Crippen LogP contribution in [0.5, 0.6) is 28.7 Å².